The monoisotopic (exact) mass is 324 g/mol. The van der Waals surface area contributed by atoms with Crippen molar-refractivity contribution in [1.29, 1.82) is 0 Å². The van der Waals surface area contributed by atoms with E-state index >= 15 is 0 Å². The average Bonchev–Trinajstić information content (AvgIpc) is 2.39. The minimum Gasteiger partial charge on any atom is -0.492 e. The van der Waals surface area contributed by atoms with Crippen molar-refractivity contribution in [3.05, 3.63) is 58.1 Å². The van der Waals surface area contributed by atoms with E-state index in [1.54, 1.807) is 30.6 Å². The van der Waals surface area contributed by atoms with Crippen LogP contribution < -0.4 is 10.5 Å². The summed E-state index contributed by atoms with van der Waals surface area (Å²) in [5, 5.41) is 0. The molecule has 100 valence electrons. The lowest BCUT2D eigenvalue weighted by Crippen LogP contribution is -2.15. The van der Waals surface area contributed by atoms with Crippen LogP contribution in [0.4, 0.5) is 4.39 Å². The number of nitrogens with zero attached hydrogens (tertiary/aromatic N) is 1. The Kier molecular flexibility index (Phi) is 4.50. The highest BCUT2D eigenvalue weighted by atomic mass is 79.9. The molecule has 1 atom stereocenters. The lowest BCUT2D eigenvalue weighted by molar-refractivity contribution is 0.338. The fraction of sp³-hybridized carbons (Fsp3) is 0.214. The van der Waals surface area contributed by atoms with Crippen molar-refractivity contribution in [2.75, 3.05) is 6.61 Å². The van der Waals surface area contributed by atoms with Crippen molar-refractivity contribution >= 4 is 15.9 Å². The van der Waals surface area contributed by atoms with Gasteiger partial charge in [-0.15, -0.1) is 0 Å². The molecule has 1 heterocycles. The van der Waals surface area contributed by atoms with Gasteiger partial charge in [0.25, 0.3) is 0 Å². The van der Waals surface area contributed by atoms with E-state index < -0.39 is 6.04 Å². The summed E-state index contributed by atoms with van der Waals surface area (Å²) in [6, 6.07) is 5.96. The molecule has 2 aromatic rings. The molecule has 0 radical (unpaired) electrons. The van der Waals surface area contributed by atoms with Gasteiger partial charge in [0.05, 0.1) is 18.8 Å². The molecule has 0 spiro atoms. The molecule has 0 aliphatic heterocycles. The molecule has 2 rings (SSSR count). The Balaban J connectivity index is 2.38. The molecule has 1 unspecified atom stereocenters. The van der Waals surface area contributed by atoms with Gasteiger partial charge in [-0.1, -0.05) is 22.0 Å². The zero-order chi connectivity index (χ0) is 13.8. The van der Waals surface area contributed by atoms with Gasteiger partial charge >= 0.3 is 0 Å². The minimum absolute atomic E-state index is 0.344. The number of nitrogens with two attached hydrogens (primary N) is 1. The number of hydrogen-bond donors (Lipinski definition) is 1. The molecule has 1 aromatic carbocycles. The SMILES string of the molecule is CCOc1cncc(C(N)c2c(F)cccc2Br)c1. The first-order chi connectivity index (χ1) is 9.13. The fourth-order valence-corrected chi connectivity index (χ4v) is 2.41. The second-order valence-corrected chi connectivity index (χ2v) is 4.85. The fourth-order valence-electron chi connectivity index (χ4n) is 1.83. The van der Waals surface area contributed by atoms with E-state index in [2.05, 4.69) is 20.9 Å². The minimum atomic E-state index is -0.594. The van der Waals surface area contributed by atoms with Crippen LogP contribution >= 0.6 is 15.9 Å². The molecule has 0 aliphatic rings. The number of halogens is 2. The first-order valence-corrected chi connectivity index (χ1v) is 6.70. The highest BCUT2D eigenvalue weighted by Crippen LogP contribution is 2.30. The molecule has 2 N–H and O–H groups in total. The molecule has 0 saturated carbocycles. The molecule has 1 aromatic heterocycles. The van der Waals surface area contributed by atoms with Crippen molar-refractivity contribution in [1.82, 2.24) is 4.98 Å². The highest BCUT2D eigenvalue weighted by molar-refractivity contribution is 9.10. The molecule has 0 fully saturated rings. The number of rotatable bonds is 4. The Morgan fingerprint density at radius 1 is 1.42 bits per heavy atom. The van der Waals surface area contributed by atoms with Gasteiger partial charge in [-0.2, -0.15) is 0 Å². The van der Waals surface area contributed by atoms with E-state index in [9.17, 15) is 4.39 Å². The number of benzene rings is 1. The molecule has 0 aliphatic carbocycles. The lowest BCUT2D eigenvalue weighted by atomic mass is 10.0. The first kappa shape index (κ1) is 14.0. The normalized spacial score (nSPS) is 12.2. The molecular weight excluding hydrogens is 311 g/mol. The number of hydrogen-bond acceptors (Lipinski definition) is 3. The maximum atomic E-state index is 13.9. The van der Waals surface area contributed by atoms with Crippen molar-refractivity contribution < 1.29 is 9.13 Å². The van der Waals surface area contributed by atoms with E-state index in [0.717, 1.165) is 0 Å². The van der Waals surface area contributed by atoms with Crippen LogP contribution in [-0.2, 0) is 0 Å². The summed E-state index contributed by atoms with van der Waals surface area (Å²) in [5.41, 5.74) is 7.24. The number of aromatic nitrogens is 1. The maximum absolute atomic E-state index is 13.9. The van der Waals surface area contributed by atoms with Crippen molar-refractivity contribution in [2.45, 2.75) is 13.0 Å². The van der Waals surface area contributed by atoms with E-state index in [1.807, 2.05) is 6.92 Å². The predicted octanol–water partition coefficient (Wildman–Crippen LogP) is 3.43. The topological polar surface area (TPSA) is 48.1 Å². The smallest absolute Gasteiger partial charge is 0.137 e. The van der Waals surface area contributed by atoms with Gasteiger partial charge in [-0.05, 0) is 30.7 Å². The van der Waals surface area contributed by atoms with Gasteiger partial charge in [0, 0.05) is 16.2 Å². The summed E-state index contributed by atoms with van der Waals surface area (Å²) >= 11 is 3.32. The Hall–Kier alpha value is -1.46. The first-order valence-electron chi connectivity index (χ1n) is 5.90. The summed E-state index contributed by atoms with van der Waals surface area (Å²) in [5.74, 6) is 0.284. The van der Waals surface area contributed by atoms with E-state index in [1.165, 1.54) is 6.07 Å². The second kappa shape index (κ2) is 6.12. The molecule has 0 bridgehead atoms. The van der Waals surface area contributed by atoms with E-state index in [0.29, 0.717) is 28.0 Å². The second-order valence-electron chi connectivity index (χ2n) is 4.00. The summed E-state index contributed by atoms with van der Waals surface area (Å²) < 4.78 is 19.9. The number of ether oxygens (including phenoxy) is 1. The summed E-state index contributed by atoms with van der Waals surface area (Å²) in [4.78, 5) is 4.07. The van der Waals surface area contributed by atoms with Crippen LogP contribution in [0.2, 0.25) is 0 Å². The van der Waals surface area contributed by atoms with Gasteiger partial charge in [0.1, 0.15) is 11.6 Å². The van der Waals surface area contributed by atoms with Crippen LogP contribution in [0.15, 0.2) is 41.1 Å². The molecule has 0 amide bonds. The highest BCUT2D eigenvalue weighted by Gasteiger charge is 2.17. The van der Waals surface area contributed by atoms with E-state index in [-0.39, 0.29) is 5.82 Å². The van der Waals surface area contributed by atoms with Crippen molar-refractivity contribution in [3.63, 3.8) is 0 Å². The van der Waals surface area contributed by atoms with Crippen LogP contribution in [0.3, 0.4) is 0 Å². The quantitative estimate of drug-likeness (QED) is 0.937. The zero-order valence-electron chi connectivity index (χ0n) is 10.4. The van der Waals surface area contributed by atoms with Gasteiger partial charge in [-0.3, -0.25) is 4.98 Å². The van der Waals surface area contributed by atoms with Gasteiger partial charge in [0.15, 0.2) is 0 Å². The van der Waals surface area contributed by atoms with Crippen molar-refractivity contribution in [3.8, 4) is 5.75 Å². The largest absolute Gasteiger partial charge is 0.492 e. The van der Waals surface area contributed by atoms with Crippen LogP contribution in [0.25, 0.3) is 0 Å². The predicted molar refractivity (Wildman–Crippen MR) is 75.5 cm³/mol. The Labute approximate surface area is 119 Å². The molecule has 0 saturated heterocycles. The Morgan fingerprint density at radius 2 is 2.21 bits per heavy atom. The molecule has 19 heavy (non-hydrogen) atoms. The van der Waals surface area contributed by atoms with Crippen molar-refractivity contribution in [2.24, 2.45) is 5.73 Å². The molecule has 3 nitrogen and oxygen atoms in total. The summed E-state index contributed by atoms with van der Waals surface area (Å²) in [6.07, 6.45) is 3.22. The molecular formula is C14H14BrFN2O. The van der Waals surface area contributed by atoms with Crippen LogP contribution in [0.5, 0.6) is 5.75 Å². The van der Waals surface area contributed by atoms with Gasteiger partial charge in [-0.25, -0.2) is 4.39 Å². The lowest BCUT2D eigenvalue weighted by Gasteiger charge is -2.15. The third-order valence-electron chi connectivity index (χ3n) is 2.72. The van der Waals surface area contributed by atoms with Crippen LogP contribution in [-0.4, -0.2) is 11.6 Å². The maximum Gasteiger partial charge on any atom is 0.137 e. The standard InChI is InChI=1S/C14H14BrFN2O/c1-2-19-10-6-9(7-18-8-10)14(17)13-11(15)4-3-5-12(13)16/h3-8,14H,2,17H2,1H3. The molecule has 5 heteroatoms. The Morgan fingerprint density at radius 3 is 2.89 bits per heavy atom. The van der Waals surface area contributed by atoms with Crippen LogP contribution in [0.1, 0.15) is 24.1 Å². The summed E-state index contributed by atoms with van der Waals surface area (Å²) in [6.45, 7) is 2.43. The third-order valence-corrected chi connectivity index (χ3v) is 3.41. The third kappa shape index (κ3) is 3.11. The van der Waals surface area contributed by atoms with Crippen LogP contribution in [0, 0.1) is 5.82 Å². The Bertz CT molecular complexity index is 557. The average molecular weight is 325 g/mol. The van der Waals surface area contributed by atoms with Gasteiger partial charge in [0.2, 0.25) is 0 Å². The zero-order valence-corrected chi connectivity index (χ0v) is 12.0. The summed E-state index contributed by atoms with van der Waals surface area (Å²) in [7, 11) is 0. The van der Waals surface area contributed by atoms with E-state index in [4.69, 9.17) is 10.5 Å². The number of pyridine rings is 1. The van der Waals surface area contributed by atoms with Gasteiger partial charge < -0.3 is 10.5 Å².